The van der Waals surface area contributed by atoms with Gasteiger partial charge in [-0.2, -0.15) is 13.2 Å². The van der Waals surface area contributed by atoms with Gasteiger partial charge in [-0.15, -0.1) is 0 Å². The average molecular weight is 369 g/mol. The zero-order valence-corrected chi connectivity index (χ0v) is 13.1. The highest BCUT2D eigenvalue weighted by atomic mass is 35.5. The topological polar surface area (TPSA) is 58.2 Å². The molecule has 10 heteroatoms. The largest absolute Gasteiger partial charge is 0.418 e. The minimum Gasteiger partial charge on any atom is -0.325 e. The fraction of sp³-hybridized carbons (Fsp3) is 0.250. The zero-order valence-electron chi connectivity index (χ0n) is 10.7. The van der Waals surface area contributed by atoms with Crippen LogP contribution in [0.25, 0.3) is 0 Å². The first-order chi connectivity index (χ1) is 10.2. The minimum atomic E-state index is -4.66. The normalized spacial score (nSPS) is 18.3. The SMILES string of the molecule is O=C(CC1SC(=S)NC1=O)Nc1ccc(Cl)cc1C(F)(F)F. The molecule has 0 radical (unpaired) electrons. The van der Waals surface area contributed by atoms with Crippen molar-refractivity contribution in [2.24, 2.45) is 0 Å². The van der Waals surface area contributed by atoms with Gasteiger partial charge in [-0.25, -0.2) is 0 Å². The van der Waals surface area contributed by atoms with Crippen molar-refractivity contribution in [2.45, 2.75) is 17.8 Å². The van der Waals surface area contributed by atoms with Gasteiger partial charge in [0.05, 0.1) is 16.5 Å². The van der Waals surface area contributed by atoms with Crippen molar-refractivity contribution >= 4 is 57.4 Å². The van der Waals surface area contributed by atoms with Gasteiger partial charge in [0.15, 0.2) is 0 Å². The van der Waals surface area contributed by atoms with Crippen LogP contribution in [0.4, 0.5) is 18.9 Å². The average Bonchev–Trinajstić information content (AvgIpc) is 2.68. The quantitative estimate of drug-likeness (QED) is 0.804. The molecular formula is C12H8ClF3N2O2S2. The first-order valence-electron chi connectivity index (χ1n) is 5.85. The number of nitrogens with one attached hydrogen (secondary N) is 2. The minimum absolute atomic E-state index is 0.0959. The van der Waals surface area contributed by atoms with Crippen LogP contribution < -0.4 is 10.6 Å². The molecule has 0 saturated carbocycles. The molecule has 1 aliphatic heterocycles. The second-order valence-electron chi connectivity index (χ2n) is 4.32. The smallest absolute Gasteiger partial charge is 0.325 e. The van der Waals surface area contributed by atoms with E-state index in [1.807, 2.05) is 0 Å². The van der Waals surface area contributed by atoms with Crippen molar-refractivity contribution in [3.63, 3.8) is 0 Å². The standard InChI is InChI=1S/C12H8ClF3N2O2S2/c13-5-1-2-7(6(3-5)12(14,15)16)17-9(19)4-8-10(20)18-11(21)22-8/h1-3,8H,4H2,(H,17,19)(H,18,20,21). The maximum absolute atomic E-state index is 12.9. The Kier molecular flexibility index (Phi) is 4.98. The predicted octanol–water partition coefficient (Wildman–Crippen LogP) is 3.20. The molecule has 0 bridgehead atoms. The van der Waals surface area contributed by atoms with E-state index in [0.717, 1.165) is 23.9 Å². The number of carbonyl (C=O) groups excluding carboxylic acids is 2. The number of thiocarbonyl (C=S) groups is 1. The fourth-order valence-corrected chi connectivity index (χ4v) is 3.20. The number of rotatable bonds is 3. The lowest BCUT2D eigenvalue weighted by Crippen LogP contribution is -2.28. The van der Waals surface area contributed by atoms with Crippen LogP contribution in [0.3, 0.4) is 0 Å². The van der Waals surface area contributed by atoms with Crippen molar-refractivity contribution in [1.82, 2.24) is 5.32 Å². The van der Waals surface area contributed by atoms with E-state index in [2.05, 4.69) is 10.6 Å². The summed E-state index contributed by atoms with van der Waals surface area (Å²) in [6.07, 6.45) is -4.94. The zero-order chi connectivity index (χ0) is 16.5. The van der Waals surface area contributed by atoms with Gasteiger partial charge in [0.2, 0.25) is 11.8 Å². The molecule has 1 atom stereocenters. The highest BCUT2D eigenvalue weighted by molar-refractivity contribution is 8.24. The molecule has 1 aliphatic rings. The Bertz CT molecular complexity index is 652. The van der Waals surface area contributed by atoms with E-state index in [-0.39, 0.29) is 15.8 Å². The van der Waals surface area contributed by atoms with Crippen molar-refractivity contribution in [3.05, 3.63) is 28.8 Å². The monoisotopic (exact) mass is 368 g/mol. The van der Waals surface area contributed by atoms with Gasteiger partial charge in [-0.1, -0.05) is 35.6 Å². The highest BCUT2D eigenvalue weighted by Gasteiger charge is 2.35. The summed E-state index contributed by atoms with van der Waals surface area (Å²) in [6, 6.07) is 3.03. The predicted molar refractivity (Wildman–Crippen MR) is 81.8 cm³/mol. The number of alkyl halides is 3. The third-order valence-corrected chi connectivity index (χ3v) is 4.31. The number of thioether (sulfide) groups is 1. The van der Waals surface area contributed by atoms with Crippen LogP contribution in [-0.2, 0) is 15.8 Å². The van der Waals surface area contributed by atoms with Crippen molar-refractivity contribution < 1.29 is 22.8 Å². The van der Waals surface area contributed by atoms with Crippen molar-refractivity contribution in [1.29, 1.82) is 0 Å². The summed E-state index contributed by atoms with van der Waals surface area (Å²) in [5.41, 5.74) is -1.46. The Hall–Kier alpha value is -1.32. The molecular weight excluding hydrogens is 361 g/mol. The molecule has 1 saturated heterocycles. The second-order valence-corrected chi connectivity index (χ2v) is 6.64. The molecule has 1 aromatic rings. The van der Waals surface area contributed by atoms with Gasteiger partial charge in [0.1, 0.15) is 4.32 Å². The Labute approximate surface area is 137 Å². The van der Waals surface area contributed by atoms with E-state index in [0.29, 0.717) is 0 Å². The summed E-state index contributed by atoms with van der Waals surface area (Å²) in [4.78, 5) is 23.3. The van der Waals surface area contributed by atoms with Crippen LogP contribution in [-0.4, -0.2) is 21.4 Å². The molecule has 1 fully saturated rings. The van der Waals surface area contributed by atoms with Crippen LogP contribution in [0.5, 0.6) is 0 Å². The maximum atomic E-state index is 12.9. The number of halogens is 4. The molecule has 2 rings (SSSR count). The molecule has 118 valence electrons. The first kappa shape index (κ1) is 17.0. The summed E-state index contributed by atoms with van der Waals surface area (Å²) in [5.74, 6) is -1.15. The van der Waals surface area contributed by atoms with Crippen LogP contribution in [0.15, 0.2) is 18.2 Å². The third-order valence-electron chi connectivity index (χ3n) is 2.70. The lowest BCUT2D eigenvalue weighted by atomic mass is 10.1. The van der Waals surface area contributed by atoms with Crippen LogP contribution >= 0.6 is 35.6 Å². The number of anilines is 1. The Morgan fingerprint density at radius 3 is 2.68 bits per heavy atom. The van der Waals surface area contributed by atoms with Gasteiger partial charge in [-0.05, 0) is 18.2 Å². The Morgan fingerprint density at radius 1 is 1.45 bits per heavy atom. The number of carbonyl (C=O) groups is 2. The molecule has 22 heavy (non-hydrogen) atoms. The molecule has 0 aliphatic carbocycles. The van der Waals surface area contributed by atoms with Gasteiger partial charge in [0, 0.05) is 11.4 Å². The molecule has 1 unspecified atom stereocenters. The fourth-order valence-electron chi connectivity index (χ4n) is 1.76. The lowest BCUT2D eigenvalue weighted by molar-refractivity contribution is -0.137. The van der Waals surface area contributed by atoms with Crippen molar-refractivity contribution in [2.75, 3.05) is 5.32 Å². The molecule has 0 aromatic heterocycles. The molecule has 2 amide bonds. The highest BCUT2D eigenvalue weighted by Crippen LogP contribution is 2.36. The van der Waals surface area contributed by atoms with E-state index in [1.54, 1.807) is 0 Å². The van der Waals surface area contributed by atoms with Gasteiger partial charge < -0.3 is 10.6 Å². The summed E-state index contributed by atoms with van der Waals surface area (Å²) in [5, 5.41) is 3.67. The van der Waals surface area contributed by atoms with E-state index in [9.17, 15) is 22.8 Å². The second kappa shape index (κ2) is 6.43. The van der Waals surface area contributed by atoms with Crippen LogP contribution in [0.1, 0.15) is 12.0 Å². The van der Waals surface area contributed by atoms with E-state index >= 15 is 0 Å². The first-order valence-corrected chi connectivity index (χ1v) is 7.51. The van der Waals surface area contributed by atoms with Crippen molar-refractivity contribution in [3.8, 4) is 0 Å². The third kappa shape index (κ3) is 4.11. The van der Waals surface area contributed by atoms with Gasteiger partial charge >= 0.3 is 6.18 Å². The number of hydrogen-bond donors (Lipinski definition) is 2. The Morgan fingerprint density at radius 2 is 2.14 bits per heavy atom. The van der Waals surface area contributed by atoms with E-state index in [1.165, 1.54) is 6.07 Å². The summed E-state index contributed by atoms with van der Waals surface area (Å²) in [6.45, 7) is 0. The van der Waals surface area contributed by atoms with Gasteiger partial charge in [-0.3, -0.25) is 9.59 Å². The number of benzene rings is 1. The van der Waals surface area contributed by atoms with Gasteiger partial charge in [0.25, 0.3) is 0 Å². The summed E-state index contributed by atoms with van der Waals surface area (Å²) in [7, 11) is 0. The van der Waals surface area contributed by atoms with E-state index < -0.39 is 34.5 Å². The number of amides is 2. The Balaban J connectivity index is 2.12. The molecule has 1 heterocycles. The number of hydrogen-bond acceptors (Lipinski definition) is 4. The van der Waals surface area contributed by atoms with Crippen LogP contribution in [0.2, 0.25) is 5.02 Å². The molecule has 0 spiro atoms. The summed E-state index contributed by atoms with van der Waals surface area (Å²) >= 11 is 11.3. The lowest BCUT2D eigenvalue weighted by Gasteiger charge is -2.14. The maximum Gasteiger partial charge on any atom is 0.418 e. The van der Waals surface area contributed by atoms with Crippen LogP contribution in [0, 0.1) is 0 Å². The molecule has 1 aromatic carbocycles. The molecule has 4 nitrogen and oxygen atoms in total. The van der Waals surface area contributed by atoms with E-state index in [4.69, 9.17) is 23.8 Å². The molecule has 2 N–H and O–H groups in total. The summed E-state index contributed by atoms with van der Waals surface area (Å²) < 4.78 is 38.9.